The van der Waals surface area contributed by atoms with Crippen molar-refractivity contribution < 1.29 is 17.9 Å². The van der Waals surface area contributed by atoms with E-state index in [9.17, 15) is 13.2 Å². The molecule has 0 fully saturated rings. The van der Waals surface area contributed by atoms with E-state index in [2.05, 4.69) is 5.32 Å². The Morgan fingerprint density at radius 2 is 1.83 bits per heavy atom. The maximum Gasteiger partial charge on any atom is 0.228 e. The van der Waals surface area contributed by atoms with Crippen molar-refractivity contribution in [3.8, 4) is 5.75 Å². The van der Waals surface area contributed by atoms with Crippen LogP contribution in [-0.4, -0.2) is 21.4 Å². The molecule has 0 spiro atoms. The average molecular weight is 334 g/mol. The molecule has 0 atom stereocenters. The van der Waals surface area contributed by atoms with Gasteiger partial charge in [-0.2, -0.15) is 0 Å². The highest BCUT2D eigenvalue weighted by Gasteiger charge is 2.08. The molecule has 0 aliphatic carbocycles. The van der Waals surface area contributed by atoms with Crippen molar-refractivity contribution in [3.05, 3.63) is 59.7 Å². The molecule has 7 heteroatoms. The summed E-state index contributed by atoms with van der Waals surface area (Å²) in [6.07, 6.45) is 0.135. The Kier molecular flexibility index (Phi) is 5.36. The average Bonchev–Trinajstić information content (AvgIpc) is 2.45. The summed E-state index contributed by atoms with van der Waals surface area (Å²) in [5, 5.41) is 7.80. The molecule has 0 heterocycles. The lowest BCUT2D eigenvalue weighted by atomic mass is 10.1. The van der Waals surface area contributed by atoms with E-state index in [1.807, 2.05) is 0 Å². The molecule has 0 aliphatic rings. The molecule has 23 heavy (non-hydrogen) atoms. The van der Waals surface area contributed by atoms with Gasteiger partial charge in [-0.15, -0.1) is 0 Å². The highest BCUT2D eigenvalue weighted by molar-refractivity contribution is 7.88. The second-order valence-corrected chi connectivity index (χ2v) is 6.70. The van der Waals surface area contributed by atoms with Gasteiger partial charge in [0, 0.05) is 11.8 Å². The summed E-state index contributed by atoms with van der Waals surface area (Å²) < 4.78 is 27.3. The Bertz CT molecular complexity index is 803. The molecule has 122 valence electrons. The van der Waals surface area contributed by atoms with Crippen molar-refractivity contribution in [2.24, 2.45) is 5.14 Å². The number of amides is 1. The van der Waals surface area contributed by atoms with Crippen molar-refractivity contribution in [2.45, 2.75) is 12.2 Å². The minimum Gasteiger partial charge on any atom is -0.497 e. The number of carbonyl (C=O) groups excluding carboxylic acids is 1. The lowest BCUT2D eigenvalue weighted by Gasteiger charge is -2.08. The Labute approximate surface area is 135 Å². The molecule has 1 amide bonds. The predicted molar refractivity (Wildman–Crippen MR) is 88.6 cm³/mol. The van der Waals surface area contributed by atoms with Gasteiger partial charge < -0.3 is 10.1 Å². The smallest absolute Gasteiger partial charge is 0.228 e. The minimum atomic E-state index is -3.59. The third-order valence-corrected chi connectivity index (χ3v) is 3.81. The third kappa shape index (κ3) is 5.72. The summed E-state index contributed by atoms with van der Waals surface area (Å²) in [6, 6.07) is 13.8. The summed E-state index contributed by atoms with van der Waals surface area (Å²) in [5.41, 5.74) is 1.90. The number of benzene rings is 2. The Morgan fingerprint density at radius 3 is 2.52 bits per heavy atom. The quantitative estimate of drug-likeness (QED) is 0.839. The van der Waals surface area contributed by atoms with Gasteiger partial charge in [-0.3, -0.25) is 4.79 Å². The van der Waals surface area contributed by atoms with Crippen LogP contribution in [0.3, 0.4) is 0 Å². The number of methoxy groups -OCH3 is 1. The van der Waals surface area contributed by atoms with E-state index >= 15 is 0 Å². The molecule has 0 aromatic heterocycles. The van der Waals surface area contributed by atoms with Crippen LogP contribution in [0.4, 0.5) is 5.69 Å². The van der Waals surface area contributed by atoms with Gasteiger partial charge in [-0.1, -0.05) is 30.3 Å². The van der Waals surface area contributed by atoms with Crippen LogP contribution in [-0.2, 0) is 27.0 Å². The highest BCUT2D eigenvalue weighted by atomic mass is 32.2. The Morgan fingerprint density at radius 1 is 1.13 bits per heavy atom. The molecule has 0 unspecified atom stereocenters. The third-order valence-electron chi connectivity index (χ3n) is 3.08. The number of primary sulfonamides is 1. The van der Waals surface area contributed by atoms with Gasteiger partial charge >= 0.3 is 0 Å². The van der Waals surface area contributed by atoms with Crippen LogP contribution >= 0.6 is 0 Å². The second-order valence-electron chi connectivity index (χ2n) is 5.08. The molecule has 0 radical (unpaired) electrons. The zero-order valence-corrected chi connectivity index (χ0v) is 13.5. The monoisotopic (exact) mass is 334 g/mol. The normalized spacial score (nSPS) is 11.0. The number of carbonyl (C=O) groups is 1. The van der Waals surface area contributed by atoms with Gasteiger partial charge in [-0.05, 0) is 23.3 Å². The zero-order chi connectivity index (χ0) is 16.9. The second kappa shape index (κ2) is 7.26. The first-order chi connectivity index (χ1) is 10.9. The maximum atomic E-state index is 12.1. The number of sulfonamides is 1. The molecule has 6 nitrogen and oxygen atoms in total. The number of nitrogens with one attached hydrogen (secondary N) is 1. The van der Waals surface area contributed by atoms with Gasteiger partial charge in [-0.25, -0.2) is 13.6 Å². The number of hydrogen-bond donors (Lipinski definition) is 2. The van der Waals surface area contributed by atoms with Crippen LogP contribution in [0, 0.1) is 0 Å². The fourth-order valence-electron chi connectivity index (χ4n) is 2.15. The van der Waals surface area contributed by atoms with Crippen LogP contribution in [0.5, 0.6) is 5.75 Å². The van der Waals surface area contributed by atoms with Crippen LogP contribution in [0.25, 0.3) is 0 Å². The zero-order valence-electron chi connectivity index (χ0n) is 12.7. The molecular formula is C16H18N2O4S. The van der Waals surface area contributed by atoms with Crippen LogP contribution in [0.15, 0.2) is 48.5 Å². The van der Waals surface area contributed by atoms with Crippen molar-refractivity contribution >= 4 is 21.6 Å². The molecule has 2 aromatic carbocycles. The van der Waals surface area contributed by atoms with E-state index < -0.39 is 10.0 Å². The Balaban J connectivity index is 2.03. The van der Waals surface area contributed by atoms with Crippen molar-refractivity contribution in [2.75, 3.05) is 12.4 Å². The number of anilines is 1. The summed E-state index contributed by atoms with van der Waals surface area (Å²) in [7, 11) is -2.04. The number of ether oxygens (including phenoxy) is 1. The molecule has 2 aromatic rings. The van der Waals surface area contributed by atoms with Gasteiger partial charge in [0.1, 0.15) is 5.75 Å². The topological polar surface area (TPSA) is 98.5 Å². The first-order valence-electron chi connectivity index (χ1n) is 6.88. The molecule has 3 N–H and O–H groups in total. The van der Waals surface area contributed by atoms with Crippen molar-refractivity contribution in [3.63, 3.8) is 0 Å². The van der Waals surface area contributed by atoms with E-state index in [-0.39, 0.29) is 18.1 Å². The van der Waals surface area contributed by atoms with E-state index in [1.165, 1.54) is 0 Å². The molecule has 0 aliphatic heterocycles. The van der Waals surface area contributed by atoms with Crippen molar-refractivity contribution in [1.29, 1.82) is 0 Å². The van der Waals surface area contributed by atoms with E-state index in [0.29, 0.717) is 22.6 Å². The highest BCUT2D eigenvalue weighted by Crippen LogP contribution is 2.17. The fraction of sp³-hybridized carbons (Fsp3) is 0.188. The minimum absolute atomic E-state index is 0.135. The van der Waals surface area contributed by atoms with E-state index in [0.717, 1.165) is 0 Å². The standard InChI is InChI=1S/C16H18N2O4S/c1-22-15-7-3-6-14(10-15)18-16(19)9-12-4-2-5-13(8-12)11-23(17,20)21/h2-8,10H,9,11H2,1H3,(H,18,19)(H2,17,20,21). The van der Waals surface area contributed by atoms with Crippen molar-refractivity contribution in [1.82, 2.24) is 0 Å². The predicted octanol–water partition coefficient (Wildman–Crippen LogP) is 1.66. The van der Waals surface area contributed by atoms with Crippen LogP contribution in [0.1, 0.15) is 11.1 Å². The van der Waals surface area contributed by atoms with Gasteiger partial charge in [0.05, 0.1) is 19.3 Å². The van der Waals surface area contributed by atoms with E-state index in [4.69, 9.17) is 9.88 Å². The molecule has 0 saturated heterocycles. The molecule has 2 rings (SSSR count). The number of hydrogen-bond acceptors (Lipinski definition) is 4. The fourth-order valence-corrected chi connectivity index (χ4v) is 2.80. The largest absolute Gasteiger partial charge is 0.497 e. The molecular weight excluding hydrogens is 316 g/mol. The summed E-state index contributed by atoms with van der Waals surface area (Å²) in [5.74, 6) is 0.196. The number of rotatable bonds is 6. The lowest BCUT2D eigenvalue weighted by Crippen LogP contribution is -2.16. The SMILES string of the molecule is COc1cccc(NC(=O)Cc2cccc(CS(N)(=O)=O)c2)c1. The first-order valence-corrected chi connectivity index (χ1v) is 8.59. The van der Waals surface area contributed by atoms with E-state index in [1.54, 1.807) is 55.6 Å². The Hall–Kier alpha value is -2.38. The maximum absolute atomic E-state index is 12.1. The van der Waals surface area contributed by atoms with Crippen LogP contribution in [0.2, 0.25) is 0 Å². The van der Waals surface area contributed by atoms with Crippen LogP contribution < -0.4 is 15.2 Å². The lowest BCUT2D eigenvalue weighted by molar-refractivity contribution is -0.115. The number of nitrogens with two attached hydrogens (primary N) is 1. The molecule has 0 saturated carbocycles. The van der Waals surface area contributed by atoms with Gasteiger partial charge in [0.25, 0.3) is 0 Å². The molecule has 0 bridgehead atoms. The van der Waals surface area contributed by atoms with Gasteiger partial charge in [0.15, 0.2) is 0 Å². The summed E-state index contributed by atoms with van der Waals surface area (Å²) in [6.45, 7) is 0. The summed E-state index contributed by atoms with van der Waals surface area (Å²) >= 11 is 0. The summed E-state index contributed by atoms with van der Waals surface area (Å²) in [4.78, 5) is 12.1. The first kappa shape index (κ1) is 17.0. The van der Waals surface area contributed by atoms with Gasteiger partial charge in [0.2, 0.25) is 15.9 Å².